The van der Waals surface area contributed by atoms with Crippen LogP contribution in [-0.4, -0.2) is 71.9 Å². The van der Waals surface area contributed by atoms with Gasteiger partial charge in [0.25, 0.3) is 0 Å². The summed E-state index contributed by atoms with van der Waals surface area (Å²) in [6.45, 7) is 5.61. The Morgan fingerprint density at radius 2 is 1.95 bits per heavy atom. The van der Waals surface area contributed by atoms with E-state index < -0.39 is 23.6 Å². The number of nitrogens with zero attached hydrogens (tertiary/aromatic N) is 6. The maximum absolute atomic E-state index is 13.1. The van der Waals surface area contributed by atoms with Gasteiger partial charge in [0, 0.05) is 55.9 Å². The fraction of sp³-hybridized carbons (Fsp3) is 0.500. The maximum Gasteiger partial charge on any atom is 0.410 e. The number of hydrogen-bond acceptors (Lipinski definition) is 8. The number of hydrogen-bond donors (Lipinski definition) is 3. The van der Waals surface area contributed by atoms with Crippen LogP contribution in [0.3, 0.4) is 0 Å². The number of aromatic nitrogens is 5. The molecular weight excluding hydrogens is 478 g/mol. The van der Waals surface area contributed by atoms with E-state index in [0.29, 0.717) is 30.0 Å². The number of likely N-dealkylation sites (tertiary alicyclic amines) is 1. The summed E-state index contributed by atoms with van der Waals surface area (Å²) >= 11 is 0. The van der Waals surface area contributed by atoms with Crippen LogP contribution in [0.2, 0.25) is 0 Å². The van der Waals surface area contributed by atoms with E-state index in [1.165, 1.54) is 4.90 Å². The van der Waals surface area contributed by atoms with Crippen molar-refractivity contribution in [2.45, 2.75) is 57.6 Å². The third kappa shape index (κ3) is 5.81. The Morgan fingerprint density at radius 1 is 1.19 bits per heavy atom. The minimum Gasteiger partial charge on any atom is -0.444 e. The number of aryl methyl sites for hydroxylation is 1. The SMILES string of the molecule is Cn1cc(-c2cnn3c(N)cc([C@H]4CC[C@@H](C(=O)NCCC(N)=O)N(C(=O)OC(C)(C)C)C4)nc23)cn1. The molecule has 1 fully saturated rings. The van der Waals surface area contributed by atoms with Crippen LogP contribution in [0.5, 0.6) is 0 Å². The van der Waals surface area contributed by atoms with E-state index in [0.717, 1.165) is 11.1 Å². The number of carbonyl (C=O) groups excluding carboxylic acids is 3. The van der Waals surface area contributed by atoms with Crippen molar-refractivity contribution in [3.05, 3.63) is 30.4 Å². The van der Waals surface area contributed by atoms with Crippen molar-refractivity contribution in [3.63, 3.8) is 0 Å². The van der Waals surface area contributed by atoms with Gasteiger partial charge in [-0.25, -0.2) is 9.78 Å². The Kier molecular flexibility index (Phi) is 7.05. The molecule has 3 aromatic heterocycles. The Hall–Kier alpha value is -4.16. The summed E-state index contributed by atoms with van der Waals surface area (Å²) in [5.41, 5.74) is 13.7. The van der Waals surface area contributed by atoms with Gasteiger partial charge < -0.3 is 21.5 Å². The summed E-state index contributed by atoms with van der Waals surface area (Å²) in [6.07, 6.45) is 5.68. The first-order chi connectivity index (χ1) is 17.4. The number of piperidine rings is 1. The topological polar surface area (TPSA) is 176 Å². The summed E-state index contributed by atoms with van der Waals surface area (Å²) in [6, 6.07) is 0.999. The summed E-state index contributed by atoms with van der Waals surface area (Å²) < 4.78 is 8.87. The van der Waals surface area contributed by atoms with Crippen LogP contribution in [0.4, 0.5) is 10.6 Å². The molecule has 1 aliphatic rings. The molecule has 0 saturated carbocycles. The van der Waals surface area contributed by atoms with Gasteiger partial charge in [0.05, 0.1) is 18.1 Å². The van der Waals surface area contributed by atoms with Crippen LogP contribution >= 0.6 is 0 Å². The molecule has 1 aliphatic heterocycles. The lowest BCUT2D eigenvalue weighted by molar-refractivity contribution is -0.128. The van der Waals surface area contributed by atoms with Crippen molar-refractivity contribution < 1.29 is 19.1 Å². The van der Waals surface area contributed by atoms with Crippen LogP contribution < -0.4 is 16.8 Å². The normalized spacial score (nSPS) is 18.1. The lowest BCUT2D eigenvalue weighted by atomic mass is 9.89. The number of nitrogens with two attached hydrogens (primary N) is 2. The first-order valence-corrected chi connectivity index (χ1v) is 12.1. The molecule has 0 aromatic carbocycles. The zero-order chi connectivity index (χ0) is 26.9. The van der Waals surface area contributed by atoms with Crippen molar-refractivity contribution in [1.82, 2.24) is 34.6 Å². The van der Waals surface area contributed by atoms with Crippen molar-refractivity contribution in [2.24, 2.45) is 12.8 Å². The Morgan fingerprint density at radius 3 is 2.59 bits per heavy atom. The van der Waals surface area contributed by atoms with Crippen molar-refractivity contribution in [3.8, 4) is 11.1 Å². The zero-order valence-corrected chi connectivity index (χ0v) is 21.5. The molecule has 198 valence electrons. The zero-order valence-electron chi connectivity index (χ0n) is 21.5. The molecule has 5 N–H and O–H groups in total. The van der Waals surface area contributed by atoms with Crippen LogP contribution in [0.1, 0.15) is 51.6 Å². The number of ether oxygens (including phenoxy) is 1. The lowest BCUT2D eigenvalue weighted by Crippen LogP contribution is -2.54. The Labute approximate surface area is 214 Å². The lowest BCUT2D eigenvalue weighted by Gasteiger charge is -2.39. The fourth-order valence-corrected chi connectivity index (χ4v) is 4.41. The largest absolute Gasteiger partial charge is 0.444 e. The molecule has 3 aromatic rings. The van der Waals surface area contributed by atoms with Crippen molar-refractivity contribution >= 4 is 29.4 Å². The van der Waals surface area contributed by atoms with Gasteiger partial charge in [-0.3, -0.25) is 19.2 Å². The van der Waals surface area contributed by atoms with Gasteiger partial charge in [-0.05, 0) is 33.6 Å². The third-order valence-corrected chi connectivity index (χ3v) is 6.14. The van der Waals surface area contributed by atoms with Gasteiger partial charge in [-0.15, -0.1) is 0 Å². The first-order valence-electron chi connectivity index (χ1n) is 12.1. The molecule has 2 atom stereocenters. The molecule has 4 rings (SSSR count). The number of fused-ring (bicyclic) bond motifs is 1. The van der Waals surface area contributed by atoms with E-state index in [1.807, 2.05) is 13.2 Å². The highest BCUT2D eigenvalue weighted by Gasteiger charge is 2.39. The summed E-state index contributed by atoms with van der Waals surface area (Å²) in [5.74, 6) is -0.655. The number of nitrogen functional groups attached to an aromatic ring is 1. The van der Waals surface area contributed by atoms with E-state index in [9.17, 15) is 14.4 Å². The van der Waals surface area contributed by atoms with E-state index in [2.05, 4.69) is 15.5 Å². The Balaban J connectivity index is 1.62. The minimum atomic E-state index is -0.749. The van der Waals surface area contributed by atoms with Gasteiger partial charge in [-0.2, -0.15) is 14.7 Å². The second kappa shape index (κ2) is 10.1. The highest BCUT2D eigenvalue weighted by Crippen LogP contribution is 2.33. The maximum atomic E-state index is 13.1. The highest BCUT2D eigenvalue weighted by atomic mass is 16.6. The molecular formula is C24H33N9O4. The average molecular weight is 512 g/mol. The quantitative estimate of drug-likeness (QED) is 0.442. The molecule has 3 amide bonds. The van der Waals surface area contributed by atoms with Crippen LogP contribution in [0.25, 0.3) is 16.8 Å². The fourth-order valence-electron chi connectivity index (χ4n) is 4.41. The molecule has 13 nitrogen and oxygen atoms in total. The van der Waals surface area contributed by atoms with E-state index in [-0.39, 0.29) is 31.3 Å². The van der Waals surface area contributed by atoms with E-state index in [4.69, 9.17) is 21.2 Å². The predicted molar refractivity (Wildman–Crippen MR) is 135 cm³/mol. The summed E-state index contributed by atoms with van der Waals surface area (Å²) in [4.78, 5) is 43.4. The molecule has 37 heavy (non-hydrogen) atoms. The molecule has 0 radical (unpaired) electrons. The third-order valence-electron chi connectivity index (χ3n) is 6.14. The monoisotopic (exact) mass is 511 g/mol. The van der Waals surface area contributed by atoms with Crippen LogP contribution in [0, 0.1) is 0 Å². The van der Waals surface area contributed by atoms with Crippen molar-refractivity contribution in [1.29, 1.82) is 0 Å². The van der Waals surface area contributed by atoms with Crippen LogP contribution in [-0.2, 0) is 21.4 Å². The van der Waals surface area contributed by atoms with Gasteiger partial charge in [-0.1, -0.05) is 0 Å². The molecule has 4 heterocycles. The number of amides is 3. The van der Waals surface area contributed by atoms with Gasteiger partial charge in [0.15, 0.2) is 5.65 Å². The number of carbonyl (C=O) groups is 3. The smallest absolute Gasteiger partial charge is 0.410 e. The second-order valence-electron chi connectivity index (χ2n) is 10.2. The molecule has 1 saturated heterocycles. The van der Waals surface area contributed by atoms with Crippen molar-refractivity contribution in [2.75, 3.05) is 18.8 Å². The van der Waals surface area contributed by atoms with E-state index in [1.54, 1.807) is 48.4 Å². The number of primary amides is 1. The minimum absolute atomic E-state index is 0.0152. The number of nitrogens with one attached hydrogen (secondary N) is 1. The number of rotatable bonds is 6. The summed E-state index contributed by atoms with van der Waals surface area (Å²) in [7, 11) is 1.83. The van der Waals surface area contributed by atoms with Crippen LogP contribution in [0.15, 0.2) is 24.7 Å². The molecule has 0 aliphatic carbocycles. The second-order valence-corrected chi connectivity index (χ2v) is 10.2. The standard InChI is InChI=1S/C24H33N9O4/c1-24(2,3)37-23(36)32-13-14(5-6-18(32)22(35)27-8-7-20(26)34)17-9-19(25)33-21(30-17)16(11-29-33)15-10-28-31(4)12-15/h9-12,14,18H,5-8,13,25H2,1-4H3,(H2,26,34)(H,27,35)/t14-,18-/m0/s1. The average Bonchev–Trinajstić information content (AvgIpc) is 3.43. The van der Waals surface area contributed by atoms with Gasteiger partial charge >= 0.3 is 6.09 Å². The molecule has 13 heteroatoms. The molecule has 0 unspecified atom stereocenters. The first kappa shape index (κ1) is 25.9. The highest BCUT2D eigenvalue weighted by molar-refractivity contribution is 5.86. The molecule has 0 bridgehead atoms. The van der Waals surface area contributed by atoms with Gasteiger partial charge in [0.1, 0.15) is 17.5 Å². The number of anilines is 1. The Bertz CT molecular complexity index is 1320. The van der Waals surface area contributed by atoms with Gasteiger partial charge in [0.2, 0.25) is 11.8 Å². The predicted octanol–water partition coefficient (Wildman–Crippen LogP) is 1.19. The molecule has 0 spiro atoms. The summed E-state index contributed by atoms with van der Waals surface area (Å²) in [5, 5.41) is 11.3. The van der Waals surface area contributed by atoms with E-state index >= 15 is 0 Å².